The van der Waals surface area contributed by atoms with Gasteiger partial charge in [-0.25, -0.2) is 0 Å². The van der Waals surface area contributed by atoms with Gasteiger partial charge in [-0.2, -0.15) is 0 Å². The van der Waals surface area contributed by atoms with Gasteiger partial charge in [-0.15, -0.1) is 0 Å². The Kier molecular flexibility index (Phi) is 4.61. The predicted octanol–water partition coefficient (Wildman–Crippen LogP) is 0.639. The Bertz CT molecular complexity index is 577. The van der Waals surface area contributed by atoms with Crippen LogP contribution in [-0.4, -0.2) is 58.3 Å². The van der Waals surface area contributed by atoms with Gasteiger partial charge < -0.3 is 10.2 Å². The van der Waals surface area contributed by atoms with Crippen LogP contribution in [0.2, 0.25) is 0 Å². The number of rotatable bonds is 4. The van der Waals surface area contributed by atoms with Crippen LogP contribution in [0, 0.1) is 5.92 Å². The van der Waals surface area contributed by atoms with E-state index < -0.39 is 0 Å². The lowest BCUT2D eigenvalue weighted by Crippen LogP contribution is -2.70. The van der Waals surface area contributed by atoms with E-state index in [0.29, 0.717) is 19.6 Å². The molecule has 0 bridgehead atoms. The van der Waals surface area contributed by atoms with E-state index in [9.17, 15) is 9.59 Å². The molecule has 1 N–H and O–H groups in total. The number of hydrogen-bond donors (Lipinski definition) is 1. The first-order valence-electron chi connectivity index (χ1n) is 8.33. The average Bonchev–Trinajstić information content (AvgIpc) is 2.58. The highest BCUT2D eigenvalue weighted by Gasteiger charge is 2.44. The zero-order valence-electron chi connectivity index (χ0n) is 13.7. The van der Waals surface area contributed by atoms with E-state index in [0.717, 1.165) is 18.7 Å². The van der Waals surface area contributed by atoms with E-state index in [4.69, 9.17) is 0 Å². The van der Waals surface area contributed by atoms with Gasteiger partial charge >= 0.3 is 0 Å². The fourth-order valence-electron chi connectivity index (χ4n) is 3.30. The van der Waals surface area contributed by atoms with Crippen molar-refractivity contribution in [1.82, 2.24) is 20.1 Å². The van der Waals surface area contributed by atoms with Crippen molar-refractivity contribution in [1.29, 1.82) is 0 Å². The summed E-state index contributed by atoms with van der Waals surface area (Å²) in [5.41, 5.74) is 0.987. The molecule has 0 unspecified atom stereocenters. The zero-order chi connectivity index (χ0) is 16.4. The third-order valence-electron chi connectivity index (χ3n) is 4.94. The van der Waals surface area contributed by atoms with Gasteiger partial charge in [0.05, 0.1) is 5.69 Å². The summed E-state index contributed by atoms with van der Waals surface area (Å²) in [6.45, 7) is 6.72. The molecule has 6 heteroatoms. The SMILES string of the molecule is CC[C@H](C)[C@@H]1NC(=O)[C@H]2CN(Cc3ccccn3)CCN2C1=O. The van der Waals surface area contributed by atoms with Crippen molar-refractivity contribution >= 4 is 11.8 Å². The van der Waals surface area contributed by atoms with Crippen LogP contribution in [0.25, 0.3) is 0 Å². The van der Waals surface area contributed by atoms with E-state index in [2.05, 4.69) is 15.2 Å². The smallest absolute Gasteiger partial charge is 0.246 e. The standard InChI is InChI=1S/C17H24N4O2/c1-3-12(2)15-17(23)21-9-8-20(11-14(21)16(22)19-15)10-13-6-4-5-7-18-13/h4-7,12,14-15H,3,8-11H2,1-2H3,(H,19,22)/t12-,14+,15-/m0/s1. The molecule has 2 amide bonds. The second-order valence-corrected chi connectivity index (χ2v) is 6.48. The number of carbonyl (C=O) groups excluding carboxylic acids is 2. The Balaban J connectivity index is 1.68. The highest BCUT2D eigenvalue weighted by molar-refractivity contribution is 5.97. The molecule has 1 aromatic rings. The maximum Gasteiger partial charge on any atom is 0.246 e. The predicted molar refractivity (Wildman–Crippen MR) is 86.4 cm³/mol. The first-order chi connectivity index (χ1) is 11.1. The topological polar surface area (TPSA) is 65.5 Å². The zero-order valence-corrected chi connectivity index (χ0v) is 13.7. The first kappa shape index (κ1) is 15.9. The number of nitrogens with zero attached hydrogens (tertiary/aromatic N) is 3. The minimum absolute atomic E-state index is 0.0272. The Labute approximate surface area is 136 Å². The highest BCUT2D eigenvalue weighted by atomic mass is 16.2. The number of pyridine rings is 1. The molecule has 0 radical (unpaired) electrons. The second kappa shape index (κ2) is 6.66. The number of aromatic nitrogens is 1. The molecule has 3 rings (SSSR count). The molecule has 2 aliphatic rings. The van der Waals surface area contributed by atoms with Crippen molar-refractivity contribution in [2.75, 3.05) is 19.6 Å². The van der Waals surface area contributed by atoms with E-state index >= 15 is 0 Å². The number of hydrogen-bond acceptors (Lipinski definition) is 4. The maximum absolute atomic E-state index is 12.7. The van der Waals surface area contributed by atoms with Gasteiger partial charge in [0.25, 0.3) is 0 Å². The van der Waals surface area contributed by atoms with Crippen LogP contribution in [0.4, 0.5) is 0 Å². The molecule has 1 aromatic heterocycles. The molecule has 6 nitrogen and oxygen atoms in total. The van der Waals surface area contributed by atoms with Gasteiger partial charge in [-0.3, -0.25) is 19.5 Å². The number of carbonyl (C=O) groups is 2. The van der Waals surface area contributed by atoms with Crippen LogP contribution in [0.15, 0.2) is 24.4 Å². The fourth-order valence-corrected chi connectivity index (χ4v) is 3.30. The monoisotopic (exact) mass is 316 g/mol. The second-order valence-electron chi connectivity index (χ2n) is 6.48. The maximum atomic E-state index is 12.7. The Morgan fingerprint density at radius 2 is 2.17 bits per heavy atom. The lowest BCUT2D eigenvalue weighted by Gasteiger charge is -2.46. The van der Waals surface area contributed by atoms with Crippen molar-refractivity contribution in [3.8, 4) is 0 Å². The summed E-state index contributed by atoms with van der Waals surface area (Å²) in [6, 6.07) is 5.10. The van der Waals surface area contributed by atoms with Gasteiger partial charge in [-0.1, -0.05) is 26.3 Å². The summed E-state index contributed by atoms with van der Waals surface area (Å²) in [7, 11) is 0. The molecular weight excluding hydrogens is 292 g/mol. The van der Waals surface area contributed by atoms with Crippen LogP contribution in [-0.2, 0) is 16.1 Å². The summed E-state index contributed by atoms with van der Waals surface area (Å²) < 4.78 is 0. The van der Waals surface area contributed by atoms with Crippen LogP contribution >= 0.6 is 0 Å². The van der Waals surface area contributed by atoms with Crippen LogP contribution in [0.3, 0.4) is 0 Å². The molecule has 2 saturated heterocycles. The molecule has 0 aliphatic carbocycles. The summed E-state index contributed by atoms with van der Waals surface area (Å²) in [4.78, 5) is 33.4. The normalized spacial score (nSPS) is 26.6. The average molecular weight is 316 g/mol. The molecule has 3 atom stereocenters. The highest BCUT2D eigenvalue weighted by Crippen LogP contribution is 2.21. The number of fused-ring (bicyclic) bond motifs is 1. The molecule has 23 heavy (non-hydrogen) atoms. The van der Waals surface area contributed by atoms with Crippen molar-refractivity contribution in [3.63, 3.8) is 0 Å². The van der Waals surface area contributed by atoms with Gasteiger partial charge in [0.15, 0.2) is 0 Å². The molecule has 3 heterocycles. The van der Waals surface area contributed by atoms with Gasteiger partial charge in [0.1, 0.15) is 12.1 Å². The summed E-state index contributed by atoms with van der Waals surface area (Å²) in [5, 5.41) is 2.93. The van der Waals surface area contributed by atoms with Crippen molar-refractivity contribution in [3.05, 3.63) is 30.1 Å². The molecule has 0 spiro atoms. The van der Waals surface area contributed by atoms with Crippen molar-refractivity contribution < 1.29 is 9.59 Å². The quantitative estimate of drug-likeness (QED) is 0.885. The van der Waals surface area contributed by atoms with Crippen LogP contribution < -0.4 is 5.32 Å². The fraction of sp³-hybridized carbons (Fsp3) is 0.588. The van der Waals surface area contributed by atoms with Crippen LogP contribution in [0.1, 0.15) is 26.0 Å². The minimum Gasteiger partial charge on any atom is -0.342 e. The molecule has 2 aliphatic heterocycles. The largest absolute Gasteiger partial charge is 0.342 e. The molecule has 0 aromatic carbocycles. The summed E-state index contributed by atoms with van der Waals surface area (Å²) >= 11 is 0. The molecule has 0 saturated carbocycles. The lowest BCUT2D eigenvalue weighted by molar-refractivity contribution is -0.154. The molecule has 124 valence electrons. The Hall–Kier alpha value is -1.95. The van der Waals surface area contributed by atoms with Crippen molar-refractivity contribution in [2.24, 2.45) is 5.92 Å². The first-order valence-corrected chi connectivity index (χ1v) is 8.33. The van der Waals surface area contributed by atoms with E-state index in [1.165, 1.54) is 0 Å². The van der Waals surface area contributed by atoms with Crippen molar-refractivity contribution in [2.45, 2.75) is 38.9 Å². The Morgan fingerprint density at radius 3 is 2.87 bits per heavy atom. The minimum atomic E-state index is -0.375. The number of piperazine rings is 2. The van der Waals surface area contributed by atoms with Gasteiger partial charge in [-0.05, 0) is 18.1 Å². The van der Waals surface area contributed by atoms with E-state index in [1.54, 1.807) is 11.1 Å². The number of amides is 2. The lowest BCUT2D eigenvalue weighted by atomic mass is 9.93. The molecule has 2 fully saturated rings. The van der Waals surface area contributed by atoms with E-state index in [1.807, 2.05) is 32.0 Å². The van der Waals surface area contributed by atoms with Gasteiger partial charge in [0.2, 0.25) is 11.8 Å². The van der Waals surface area contributed by atoms with E-state index in [-0.39, 0.29) is 29.8 Å². The number of nitrogens with one attached hydrogen (secondary N) is 1. The third-order valence-corrected chi connectivity index (χ3v) is 4.94. The summed E-state index contributed by atoms with van der Waals surface area (Å²) in [5.74, 6) is 0.209. The molecular formula is C17H24N4O2. The van der Waals surface area contributed by atoms with Gasteiger partial charge in [0, 0.05) is 32.4 Å². The Morgan fingerprint density at radius 1 is 1.35 bits per heavy atom. The summed E-state index contributed by atoms with van der Waals surface area (Å²) in [6.07, 6.45) is 2.65. The van der Waals surface area contributed by atoms with Crippen LogP contribution in [0.5, 0.6) is 0 Å². The third kappa shape index (κ3) is 3.22.